The standard InChI is InChI=1S/C23H24ClN3O5/c24-15-9-16-17(10-20(25-16)32-19-12-31-22-18(28)11-30-23(19)22)26-21(15)13-1-3-14(4-2-13)27-5-7-29-8-6-27/h1-4,9-10,18-19,22-23,25,28H,5-8,11-12H2/t18-,19-,22-,23-/m1/s1. The van der Waals surface area contributed by atoms with Crippen LogP contribution in [0.5, 0.6) is 5.88 Å². The van der Waals surface area contributed by atoms with Crippen molar-refractivity contribution in [1.82, 2.24) is 9.97 Å². The van der Waals surface area contributed by atoms with Gasteiger partial charge in [0.2, 0.25) is 0 Å². The molecule has 168 valence electrons. The smallest absolute Gasteiger partial charge is 0.193 e. The number of aliphatic hydroxyl groups is 1. The van der Waals surface area contributed by atoms with Crippen molar-refractivity contribution in [2.75, 3.05) is 44.4 Å². The molecule has 3 saturated heterocycles. The third-order valence-electron chi connectivity index (χ3n) is 6.31. The molecule has 3 aromatic rings. The molecule has 32 heavy (non-hydrogen) atoms. The molecular weight excluding hydrogens is 434 g/mol. The van der Waals surface area contributed by atoms with Gasteiger partial charge in [-0.15, -0.1) is 0 Å². The molecule has 0 radical (unpaired) electrons. The Labute approximate surface area is 190 Å². The van der Waals surface area contributed by atoms with Crippen molar-refractivity contribution < 1.29 is 24.1 Å². The third kappa shape index (κ3) is 3.62. The number of halogens is 1. The van der Waals surface area contributed by atoms with Gasteiger partial charge < -0.3 is 33.9 Å². The lowest BCUT2D eigenvalue weighted by Gasteiger charge is -2.28. The molecule has 3 fully saturated rings. The van der Waals surface area contributed by atoms with Gasteiger partial charge in [-0.3, -0.25) is 0 Å². The molecule has 0 amide bonds. The van der Waals surface area contributed by atoms with Crippen molar-refractivity contribution in [3.05, 3.63) is 41.4 Å². The van der Waals surface area contributed by atoms with Crippen molar-refractivity contribution in [3.63, 3.8) is 0 Å². The predicted molar refractivity (Wildman–Crippen MR) is 119 cm³/mol. The van der Waals surface area contributed by atoms with E-state index in [4.69, 9.17) is 35.5 Å². The molecule has 0 bridgehead atoms. The number of nitrogens with zero attached hydrogens (tertiary/aromatic N) is 2. The number of pyridine rings is 1. The van der Waals surface area contributed by atoms with E-state index in [0.29, 0.717) is 17.5 Å². The Kier molecular flexibility index (Phi) is 5.20. The lowest BCUT2D eigenvalue weighted by Crippen LogP contribution is -2.36. The van der Waals surface area contributed by atoms with Gasteiger partial charge in [0, 0.05) is 30.4 Å². The number of nitrogens with one attached hydrogen (secondary N) is 1. The number of morpholine rings is 1. The molecule has 6 rings (SSSR count). The lowest BCUT2D eigenvalue weighted by molar-refractivity contribution is 0.00794. The monoisotopic (exact) mass is 457 g/mol. The Morgan fingerprint density at radius 1 is 1.06 bits per heavy atom. The van der Waals surface area contributed by atoms with Crippen LogP contribution in [-0.2, 0) is 14.2 Å². The number of hydrogen-bond donors (Lipinski definition) is 2. The molecule has 2 N–H and O–H groups in total. The maximum absolute atomic E-state index is 9.91. The first-order valence-corrected chi connectivity index (χ1v) is 11.2. The zero-order valence-corrected chi connectivity index (χ0v) is 18.1. The molecule has 1 aromatic carbocycles. The van der Waals surface area contributed by atoms with Gasteiger partial charge in [0.25, 0.3) is 0 Å². The number of benzene rings is 1. The Hall–Kier alpha value is -2.36. The Morgan fingerprint density at radius 2 is 1.84 bits per heavy atom. The average molecular weight is 458 g/mol. The first-order valence-electron chi connectivity index (χ1n) is 10.9. The highest BCUT2D eigenvalue weighted by Crippen LogP contribution is 2.34. The summed E-state index contributed by atoms with van der Waals surface area (Å²) < 4.78 is 22.8. The highest BCUT2D eigenvalue weighted by Gasteiger charge is 2.48. The van der Waals surface area contributed by atoms with Gasteiger partial charge in [0.05, 0.1) is 48.2 Å². The number of aromatic nitrogens is 2. The van der Waals surface area contributed by atoms with Crippen LogP contribution in [0.3, 0.4) is 0 Å². The van der Waals surface area contributed by atoms with Crippen LogP contribution in [0.25, 0.3) is 22.3 Å². The molecule has 3 aliphatic rings. The van der Waals surface area contributed by atoms with E-state index in [1.165, 1.54) is 5.69 Å². The summed E-state index contributed by atoms with van der Waals surface area (Å²) in [4.78, 5) is 10.3. The maximum Gasteiger partial charge on any atom is 0.193 e. The fraction of sp³-hybridized carbons (Fsp3) is 0.435. The van der Waals surface area contributed by atoms with Gasteiger partial charge in [-0.05, 0) is 18.2 Å². The van der Waals surface area contributed by atoms with E-state index >= 15 is 0 Å². The highest BCUT2D eigenvalue weighted by molar-refractivity contribution is 6.33. The van der Waals surface area contributed by atoms with E-state index in [1.807, 2.05) is 24.3 Å². The van der Waals surface area contributed by atoms with Crippen molar-refractivity contribution in [3.8, 4) is 17.1 Å². The summed E-state index contributed by atoms with van der Waals surface area (Å²) in [6, 6.07) is 12.0. The van der Waals surface area contributed by atoms with Gasteiger partial charge in [0.1, 0.15) is 18.3 Å². The molecule has 3 aliphatic heterocycles. The molecule has 0 aliphatic carbocycles. The Morgan fingerprint density at radius 3 is 2.66 bits per heavy atom. The zero-order valence-electron chi connectivity index (χ0n) is 17.4. The second-order valence-electron chi connectivity index (χ2n) is 8.35. The molecule has 2 aromatic heterocycles. The molecule has 5 heterocycles. The summed E-state index contributed by atoms with van der Waals surface area (Å²) in [6.45, 7) is 3.95. The molecule has 9 heteroatoms. The van der Waals surface area contributed by atoms with Gasteiger partial charge >= 0.3 is 0 Å². The topological polar surface area (TPSA) is 89.1 Å². The number of hydrogen-bond acceptors (Lipinski definition) is 7. The fourth-order valence-electron chi connectivity index (χ4n) is 4.63. The van der Waals surface area contributed by atoms with E-state index in [9.17, 15) is 5.11 Å². The van der Waals surface area contributed by atoms with Crippen molar-refractivity contribution in [2.45, 2.75) is 24.4 Å². The van der Waals surface area contributed by atoms with Gasteiger partial charge in [-0.1, -0.05) is 23.7 Å². The Bertz CT molecular complexity index is 1110. The molecule has 8 nitrogen and oxygen atoms in total. The van der Waals surface area contributed by atoms with Crippen LogP contribution in [0.2, 0.25) is 5.02 Å². The minimum Gasteiger partial charge on any atom is -0.470 e. The number of ether oxygens (including phenoxy) is 4. The van der Waals surface area contributed by atoms with E-state index in [0.717, 1.165) is 48.6 Å². The average Bonchev–Trinajstić information content (AvgIpc) is 3.51. The van der Waals surface area contributed by atoms with Gasteiger partial charge in [0.15, 0.2) is 12.0 Å². The van der Waals surface area contributed by atoms with E-state index < -0.39 is 6.10 Å². The number of aliphatic hydroxyl groups excluding tert-OH is 1. The predicted octanol–water partition coefficient (Wildman–Crippen LogP) is 2.63. The Balaban J connectivity index is 1.23. The maximum atomic E-state index is 9.91. The summed E-state index contributed by atoms with van der Waals surface area (Å²) in [5.74, 6) is 0.572. The van der Waals surface area contributed by atoms with Crippen molar-refractivity contribution in [1.29, 1.82) is 0 Å². The number of anilines is 1. The van der Waals surface area contributed by atoms with Crippen molar-refractivity contribution in [2.24, 2.45) is 0 Å². The van der Waals surface area contributed by atoms with E-state index in [2.05, 4.69) is 22.0 Å². The van der Waals surface area contributed by atoms with Gasteiger partial charge in [-0.2, -0.15) is 0 Å². The first kappa shape index (κ1) is 20.3. The van der Waals surface area contributed by atoms with E-state index in [1.54, 1.807) is 0 Å². The van der Waals surface area contributed by atoms with Gasteiger partial charge in [-0.25, -0.2) is 4.98 Å². The van der Waals surface area contributed by atoms with Crippen LogP contribution in [0.15, 0.2) is 36.4 Å². The SMILES string of the molecule is O[C@@H]1CO[C@H]2[C@@H]1OC[C@H]2Oc1cc2nc(-c3ccc(N4CCOCC4)cc3)c(Cl)cc2[nH]1. The van der Waals surface area contributed by atoms with Crippen LogP contribution < -0.4 is 9.64 Å². The molecular formula is C23H24ClN3O5. The van der Waals surface area contributed by atoms with Crippen molar-refractivity contribution >= 4 is 28.3 Å². The van der Waals surface area contributed by atoms with Crippen LogP contribution in [0.4, 0.5) is 5.69 Å². The first-order chi connectivity index (χ1) is 15.7. The van der Waals surface area contributed by atoms with Crippen LogP contribution in [-0.4, -0.2) is 79.0 Å². The quantitative estimate of drug-likeness (QED) is 0.622. The summed E-state index contributed by atoms with van der Waals surface area (Å²) in [6.07, 6.45) is -1.49. The van der Waals surface area contributed by atoms with Crippen LogP contribution in [0.1, 0.15) is 0 Å². The molecule has 4 atom stereocenters. The second kappa shape index (κ2) is 8.20. The summed E-state index contributed by atoms with van der Waals surface area (Å²) >= 11 is 6.58. The molecule has 0 saturated carbocycles. The third-order valence-corrected chi connectivity index (χ3v) is 6.60. The minimum atomic E-state index is -0.603. The zero-order chi connectivity index (χ0) is 21.7. The van der Waals surface area contributed by atoms with Crippen LogP contribution >= 0.6 is 11.6 Å². The molecule has 0 unspecified atom stereocenters. The number of aromatic amines is 1. The largest absolute Gasteiger partial charge is 0.470 e. The summed E-state index contributed by atoms with van der Waals surface area (Å²) in [5.41, 5.74) is 4.41. The lowest BCUT2D eigenvalue weighted by atomic mass is 10.1. The minimum absolute atomic E-state index is 0.270. The number of rotatable bonds is 4. The number of fused-ring (bicyclic) bond motifs is 2. The van der Waals surface area contributed by atoms with E-state index in [-0.39, 0.29) is 24.9 Å². The second-order valence-corrected chi connectivity index (χ2v) is 8.76. The summed E-state index contributed by atoms with van der Waals surface area (Å²) in [5, 5.41) is 10.5. The fourth-order valence-corrected chi connectivity index (χ4v) is 4.89. The van der Waals surface area contributed by atoms with Crippen LogP contribution in [0, 0.1) is 0 Å². The highest BCUT2D eigenvalue weighted by atomic mass is 35.5. The molecule has 0 spiro atoms. The summed E-state index contributed by atoms with van der Waals surface area (Å²) in [7, 11) is 0. The number of H-pyrrole nitrogens is 1. The normalized spacial score (nSPS) is 27.8.